The number of pyridine rings is 2. The number of hydrogen-bond acceptors (Lipinski definition) is 4. The van der Waals surface area contributed by atoms with Crippen molar-refractivity contribution >= 4 is 43.7 Å². The van der Waals surface area contributed by atoms with Gasteiger partial charge in [-0.1, -0.05) is 109 Å². The van der Waals surface area contributed by atoms with Crippen molar-refractivity contribution < 1.29 is 0 Å². The van der Waals surface area contributed by atoms with Crippen molar-refractivity contribution in [1.29, 1.82) is 0 Å². The standard InChI is InChI=1S/C40H25N5/c1-3-11-26(12-4-1)29-15-9-16-30(25-29)38-43-37-33(22-20-28-21-23-34(42-36(28)37)27-13-5-2-6-14-27)40(44-38)45-35-19-8-7-17-31(35)32-18-10-24-41-39(32)45/h1-25H. The number of fused-ring (bicyclic) bond motifs is 6. The van der Waals surface area contributed by atoms with E-state index in [1.165, 1.54) is 0 Å². The minimum Gasteiger partial charge on any atom is -0.277 e. The van der Waals surface area contributed by atoms with Gasteiger partial charge in [0, 0.05) is 38.9 Å². The molecule has 0 N–H and O–H groups in total. The average Bonchev–Trinajstić information content (AvgIpc) is 3.46. The van der Waals surface area contributed by atoms with E-state index >= 15 is 0 Å². The second-order valence-electron chi connectivity index (χ2n) is 11.1. The molecule has 5 aromatic carbocycles. The van der Waals surface area contributed by atoms with Gasteiger partial charge in [0.25, 0.3) is 0 Å². The Balaban J connectivity index is 1.39. The Kier molecular flexibility index (Phi) is 5.74. The highest BCUT2D eigenvalue weighted by molar-refractivity contribution is 6.11. The average molecular weight is 576 g/mol. The number of para-hydroxylation sites is 1. The molecular weight excluding hydrogens is 550 g/mol. The molecule has 0 aliphatic heterocycles. The van der Waals surface area contributed by atoms with E-state index in [0.29, 0.717) is 5.82 Å². The first kappa shape index (κ1) is 25.3. The van der Waals surface area contributed by atoms with Crippen LogP contribution in [0.15, 0.2) is 152 Å². The van der Waals surface area contributed by atoms with Gasteiger partial charge in [-0.2, -0.15) is 0 Å². The summed E-state index contributed by atoms with van der Waals surface area (Å²) in [6.07, 6.45) is 1.84. The van der Waals surface area contributed by atoms with Gasteiger partial charge in [-0.15, -0.1) is 0 Å². The van der Waals surface area contributed by atoms with Crippen molar-refractivity contribution in [2.24, 2.45) is 0 Å². The summed E-state index contributed by atoms with van der Waals surface area (Å²) in [5.41, 5.74) is 8.70. The van der Waals surface area contributed by atoms with Gasteiger partial charge in [-0.05, 0) is 47.5 Å². The largest absolute Gasteiger partial charge is 0.277 e. The maximum atomic E-state index is 5.32. The predicted molar refractivity (Wildman–Crippen MR) is 183 cm³/mol. The SMILES string of the molecule is c1ccc(-c2cccc(-c3nc(-n4c5ccccc5c5cccnc54)c4ccc5ccc(-c6ccccc6)nc5c4n3)c2)cc1. The Morgan fingerprint density at radius 2 is 1.16 bits per heavy atom. The Bertz CT molecular complexity index is 2480. The van der Waals surface area contributed by atoms with E-state index in [1.54, 1.807) is 0 Å². The topological polar surface area (TPSA) is 56.5 Å². The number of rotatable bonds is 4. The third-order valence-electron chi connectivity index (χ3n) is 8.45. The van der Waals surface area contributed by atoms with Crippen LogP contribution in [0.1, 0.15) is 0 Å². The smallest absolute Gasteiger partial charge is 0.162 e. The third-order valence-corrected chi connectivity index (χ3v) is 8.45. The van der Waals surface area contributed by atoms with Gasteiger partial charge in [0.15, 0.2) is 11.6 Å². The highest BCUT2D eigenvalue weighted by atomic mass is 15.1. The number of benzene rings is 5. The van der Waals surface area contributed by atoms with Crippen LogP contribution < -0.4 is 0 Å². The predicted octanol–water partition coefficient (Wildman–Crippen LogP) is 9.67. The molecule has 0 fully saturated rings. The summed E-state index contributed by atoms with van der Waals surface area (Å²) in [6, 6.07) is 50.1. The lowest BCUT2D eigenvalue weighted by molar-refractivity contribution is 1.06. The van der Waals surface area contributed by atoms with Crippen molar-refractivity contribution in [3.63, 3.8) is 0 Å². The first-order valence-corrected chi connectivity index (χ1v) is 15.0. The molecule has 45 heavy (non-hydrogen) atoms. The van der Waals surface area contributed by atoms with Crippen molar-refractivity contribution in [3.05, 3.63) is 152 Å². The van der Waals surface area contributed by atoms with Crippen LogP contribution in [0.25, 0.3) is 83.3 Å². The Morgan fingerprint density at radius 1 is 0.444 bits per heavy atom. The van der Waals surface area contributed by atoms with E-state index in [2.05, 4.69) is 120 Å². The van der Waals surface area contributed by atoms with E-state index in [9.17, 15) is 0 Å². The van der Waals surface area contributed by atoms with Crippen LogP contribution in [-0.2, 0) is 0 Å². The molecule has 0 radical (unpaired) electrons. The van der Waals surface area contributed by atoms with Crippen molar-refractivity contribution in [2.45, 2.75) is 0 Å². The maximum absolute atomic E-state index is 5.32. The molecule has 0 saturated heterocycles. The van der Waals surface area contributed by atoms with Gasteiger partial charge in [0.1, 0.15) is 11.2 Å². The lowest BCUT2D eigenvalue weighted by Crippen LogP contribution is -2.04. The minimum absolute atomic E-state index is 0.636. The van der Waals surface area contributed by atoms with Crippen LogP contribution in [0.2, 0.25) is 0 Å². The van der Waals surface area contributed by atoms with E-state index in [4.69, 9.17) is 19.9 Å². The molecule has 0 aliphatic rings. The fourth-order valence-corrected chi connectivity index (χ4v) is 6.31. The molecule has 9 aromatic rings. The zero-order valence-electron chi connectivity index (χ0n) is 24.2. The zero-order chi connectivity index (χ0) is 29.7. The third kappa shape index (κ3) is 4.17. The molecule has 4 aromatic heterocycles. The fraction of sp³-hybridized carbons (Fsp3) is 0. The highest BCUT2D eigenvalue weighted by Gasteiger charge is 2.20. The second kappa shape index (κ2) is 10.2. The summed E-state index contributed by atoms with van der Waals surface area (Å²) in [6.45, 7) is 0. The Labute approximate surface area is 259 Å². The van der Waals surface area contributed by atoms with Gasteiger partial charge >= 0.3 is 0 Å². The van der Waals surface area contributed by atoms with Gasteiger partial charge in [-0.25, -0.2) is 19.9 Å². The molecule has 5 heteroatoms. The van der Waals surface area contributed by atoms with Crippen LogP contribution >= 0.6 is 0 Å². The minimum atomic E-state index is 0.636. The molecule has 0 amide bonds. The van der Waals surface area contributed by atoms with Crippen molar-refractivity contribution in [3.8, 4) is 39.6 Å². The van der Waals surface area contributed by atoms with Crippen LogP contribution in [0, 0.1) is 0 Å². The number of aromatic nitrogens is 5. The van der Waals surface area contributed by atoms with E-state index in [0.717, 1.165) is 77.5 Å². The van der Waals surface area contributed by atoms with Crippen molar-refractivity contribution in [1.82, 2.24) is 24.5 Å². The maximum Gasteiger partial charge on any atom is 0.162 e. The van der Waals surface area contributed by atoms with Crippen molar-refractivity contribution in [2.75, 3.05) is 0 Å². The van der Waals surface area contributed by atoms with Crippen LogP contribution in [0.5, 0.6) is 0 Å². The van der Waals surface area contributed by atoms with Gasteiger partial charge in [-0.3, -0.25) is 4.57 Å². The molecule has 0 aliphatic carbocycles. The second-order valence-corrected chi connectivity index (χ2v) is 11.1. The monoisotopic (exact) mass is 575 g/mol. The summed E-state index contributed by atoms with van der Waals surface area (Å²) in [5, 5.41) is 4.15. The van der Waals surface area contributed by atoms with Crippen LogP contribution in [0.4, 0.5) is 0 Å². The summed E-state index contributed by atoms with van der Waals surface area (Å²) in [7, 11) is 0. The molecule has 4 heterocycles. The number of hydrogen-bond donors (Lipinski definition) is 0. The summed E-state index contributed by atoms with van der Waals surface area (Å²) in [5.74, 6) is 1.41. The molecule has 210 valence electrons. The highest BCUT2D eigenvalue weighted by Crippen LogP contribution is 2.36. The molecular formula is C40H25N5. The van der Waals surface area contributed by atoms with Crippen LogP contribution in [0.3, 0.4) is 0 Å². The quantitative estimate of drug-likeness (QED) is 0.196. The van der Waals surface area contributed by atoms with E-state index in [-0.39, 0.29) is 0 Å². The van der Waals surface area contributed by atoms with Gasteiger partial charge in [0.2, 0.25) is 0 Å². The van der Waals surface area contributed by atoms with Crippen LogP contribution in [-0.4, -0.2) is 24.5 Å². The zero-order valence-corrected chi connectivity index (χ0v) is 24.2. The summed E-state index contributed by atoms with van der Waals surface area (Å²) in [4.78, 5) is 20.7. The fourth-order valence-electron chi connectivity index (χ4n) is 6.31. The molecule has 0 bridgehead atoms. The Hall–Kier alpha value is -6.20. The van der Waals surface area contributed by atoms with Gasteiger partial charge < -0.3 is 0 Å². The first-order chi connectivity index (χ1) is 22.3. The molecule has 0 spiro atoms. The molecule has 0 atom stereocenters. The summed E-state index contributed by atoms with van der Waals surface area (Å²) < 4.78 is 2.17. The van der Waals surface area contributed by atoms with Gasteiger partial charge in [0.05, 0.1) is 16.7 Å². The van der Waals surface area contributed by atoms with E-state index < -0.39 is 0 Å². The lowest BCUT2D eigenvalue weighted by Gasteiger charge is -2.14. The molecule has 9 rings (SSSR count). The molecule has 5 nitrogen and oxygen atoms in total. The number of nitrogens with zero attached hydrogens (tertiary/aromatic N) is 5. The summed E-state index contributed by atoms with van der Waals surface area (Å²) >= 11 is 0. The lowest BCUT2D eigenvalue weighted by atomic mass is 10.0. The Morgan fingerprint density at radius 3 is 2.02 bits per heavy atom. The molecule has 0 unspecified atom stereocenters. The molecule has 0 saturated carbocycles. The first-order valence-electron chi connectivity index (χ1n) is 15.0. The normalized spacial score (nSPS) is 11.6. The van der Waals surface area contributed by atoms with E-state index in [1.807, 2.05) is 36.5 Å².